The monoisotopic (exact) mass is 310 g/mol. The van der Waals surface area contributed by atoms with Gasteiger partial charge in [0.2, 0.25) is 5.91 Å². The molecule has 6 heteroatoms. The van der Waals surface area contributed by atoms with Gasteiger partial charge in [0.1, 0.15) is 0 Å². The lowest BCUT2D eigenvalue weighted by Crippen LogP contribution is -2.43. The highest BCUT2D eigenvalue weighted by molar-refractivity contribution is 7.98. The Hall–Kier alpha value is -1.01. The molecular weight excluding hydrogens is 284 g/mol. The van der Waals surface area contributed by atoms with Gasteiger partial charge in [-0.2, -0.15) is 0 Å². The summed E-state index contributed by atoms with van der Waals surface area (Å²) in [4.78, 5) is 19.0. The zero-order chi connectivity index (χ0) is 15.4. The van der Waals surface area contributed by atoms with Gasteiger partial charge in [0.25, 0.3) is 0 Å². The number of likely N-dealkylation sites (tertiary alicyclic amines) is 1. The summed E-state index contributed by atoms with van der Waals surface area (Å²) in [5.74, 6) is 0.346. The summed E-state index contributed by atoms with van der Waals surface area (Å²) >= 11 is 1.62. The molecule has 0 unspecified atom stereocenters. The molecule has 1 aliphatic heterocycles. The molecule has 1 saturated heterocycles. The third-order valence-corrected chi connectivity index (χ3v) is 5.04. The second-order valence-electron chi connectivity index (χ2n) is 5.92. The molecule has 118 valence electrons. The Morgan fingerprint density at radius 1 is 1.48 bits per heavy atom. The molecule has 0 saturated carbocycles. The molecule has 21 heavy (non-hydrogen) atoms. The SMILES string of the molecule is CSc1ncc(CNC(=O)C2CCN(C(C)C)CC2)n1C. The van der Waals surface area contributed by atoms with Crippen molar-refractivity contribution in [2.45, 2.75) is 44.4 Å². The Labute approximate surface area is 131 Å². The summed E-state index contributed by atoms with van der Waals surface area (Å²) in [5.41, 5.74) is 1.05. The molecule has 0 atom stereocenters. The first kappa shape index (κ1) is 16.4. The van der Waals surface area contributed by atoms with Crippen molar-refractivity contribution < 1.29 is 4.79 Å². The van der Waals surface area contributed by atoms with E-state index >= 15 is 0 Å². The lowest BCUT2D eigenvalue weighted by Gasteiger charge is -2.33. The second kappa shape index (κ2) is 7.31. The average Bonchev–Trinajstić information content (AvgIpc) is 2.85. The van der Waals surface area contributed by atoms with E-state index in [1.54, 1.807) is 11.8 Å². The largest absolute Gasteiger partial charge is 0.350 e. The Kier molecular flexibility index (Phi) is 5.70. The van der Waals surface area contributed by atoms with Gasteiger partial charge in [0.15, 0.2) is 5.16 Å². The van der Waals surface area contributed by atoms with Crippen LogP contribution in [0.5, 0.6) is 0 Å². The number of thioether (sulfide) groups is 1. The third-order valence-electron chi connectivity index (χ3n) is 4.30. The van der Waals surface area contributed by atoms with Gasteiger partial charge in [-0.05, 0) is 46.0 Å². The van der Waals surface area contributed by atoms with Gasteiger partial charge < -0.3 is 14.8 Å². The first-order valence-electron chi connectivity index (χ1n) is 7.59. The Balaban J connectivity index is 1.81. The number of piperidine rings is 1. The fourth-order valence-electron chi connectivity index (χ4n) is 2.78. The molecule has 0 aromatic carbocycles. The molecule has 0 radical (unpaired) electrons. The molecule has 1 aromatic rings. The maximum Gasteiger partial charge on any atom is 0.223 e. The molecule has 1 N–H and O–H groups in total. The van der Waals surface area contributed by atoms with Crippen LogP contribution in [-0.2, 0) is 18.4 Å². The summed E-state index contributed by atoms with van der Waals surface area (Å²) < 4.78 is 2.03. The topological polar surface area (TPSA) is 50.2 Å². The molecule has 1 amide bonds. The molecule has 2 heterocycles. The van der Waals surface area contributed by atoms with Crippen molar-refractivity contribution in [3.8, 4) is 0 Å². The quantitative estimate of drug-likeness (QED) is 0.844. The molecule has 0 bridgehead atoms. The van der Waals surface area contributed by atoms with Crippen molar-refractivity contribution in [3.05, 3.63) is 11.9 Å². The molecule has 0 spiro atoms. The second-order valence-corrected chi connectivity index (χ2v) is 6.69. The van der Waals surface area contributed by atoms with E-state index in [4.69, 9.17) is 0 Å². The standard InChI is InChI=1S/C15H26N4OS/c1-11(2)19-7-5-12(6-8-19)14(20)16-9-13-10-17-15(21-4)18(13)3/h10-12H,5-9H2,1-4H3,(H,16,20). The minimum Gasteiger partial charge on any atom is -0.350 e. The summed E-state index contributed by atoms with van der Waals surface area (Å²) in [6, 6.07) is 0.577. The summed E-state index contributed by atoms with van der Waals surface area (Å²) in [5, 5.41) is 4.04. The van der Waals surface area contributed by atoms with Crippen LogP contribution in [0.1, 0.15) is 32.4 Å². The van der Waals surface area contributed by atoms with Crippen molar-refractivity contribution in [3.63, 3.8) is 0 Å². The maximum absolute atomic E-state index is 12.3. The Bertz CT molecular complexity index is 478. The van der Waals surface area contributed by atoms with E-state index in [1.165, 1.54) is 0 Å². The summed E-state index contributed by atoms with van der Waals surface area (Å²) in [6.45, 7) is 7.04. The van der Waals surface area contributed by atoms with Crippen molar-refractivity contribution >= 4 is 17.7 Å². The molecule has 2 rings (SSSR count). The number of carbonyl (C=O) groups excluding carboxylic acids is 1. The first-order chi connectivity index (χ1) is 10.0. The van der Waals surface area contributed by atoms with E-state index in [-0.39, 0.29) is 11.8 Å². The van der Waals surface area contributed by atoms with E-state index < -0.39 is 0 Å². The minimum atomic E-state index is 0.160. The van der Waals surface area contributed by atoms with E-state index in [9.17, 15) is 4.79 Å². The van der Waals surface area contributed by atoms with Crippen molar-refractivity contribution in [2.24, 2.45) is 13.0 Å². The van der Waals surface area contributed by atoms with Crippen LogP contribution in [0.3, 0.4) is 0 Å². The van der Waals surface area contributed by atoms with Gasteiger partial charge in [-0.15, -0.1) is 0 Å². The number of nitrogens with zero attached hydrogens (tertiary/aromatic N) is 3. The predicted molar refractivity (Wildman–Crippen MR) is 86.3 cm³/mol. The summed E-state index contributed by atoms with van der Waals surface area (Å²) in [7, 11) is 1.99. The normalized spacial score (nSPS) is 17.4. The van der Waals surface area contributed by atoms with Crippen molar-refractivity contribution in [1.82, 2.24) is 19.8 Å². The van der Waals surface area contributed by atoms with Crippen LogP contribution in [0.2, 0.25) is 0 Å². The fourth-order valence-corrected chi connectivity index (χ4v) is 3.33. The van der Waals surface area contributed by atoms with Crippen molar-refractivity contribution in [1.29, 1.82) is 0 Å². The van der Waals surface area contributed by atoms with Crippen LogP contribution < -0.4 is 5.32 Å². The smallest absolute Gasteiger partial charge is 0.223 e. The number of hydrogen-bond acceptors (Lipinski definition) is 4. The highest BCUT2D eigenvalue weighted by Gasteiger charge is 2.25. The number of carbonyl (C=O) groups is 1. The molecular formula is C15H26N4OS. The lowest BCUT2D eigenvalue weighted by atomic mass is 9.95. The van der Waals surface area contributed by atoms with E-state index in [0.717, 1.165) is 36.8 Å². The highest BCUT2D eigenvalue weighted by Crippen LogP contribution is 2.19. The Morgan fingerprint density at radius 2 is 2.14 bits per heavy atom. The molecule has 0 aliphatic carbocycles. The van der Waals surface area contributed by atoms with E-state index in [1.807, 2.05) is 24.1 Å². The maximum atomic E-state index is 12.3. The van der Waals surface area contributed by atoms with Gasteiger partial charge in [-0.25, -0.2) is 4.98 Å². The van der Waals surface area contributed by atoms with Gasteiger partial charge in [-0.3, -0.25) is 4.79 Å². The van der Waals surface area contributed by atoms with Gasteiger partial charge in [-0.1, -0.05) is 11.8 Å². The molecule has 1 fully saturated rings. The lowest BCUT2D eigenvalue weighted by molar-refractivity contribution is -0.126. The van der Waals surface area contributed by atoms with Crippen LogP contribution in [-0.4, -0.2) is 45.7 Å². The van der Waals surface area contributed by atoms with Crippen LogP contribution in [0.15, 0.2) is 11.4 Å². The number of nitrogens with one attached hydrogen (secondary N) is 1. The zero-order valence-corrected chi connectivity index (χ0v) is 14.2. The number of imidazole rings is 1. The number of rotatable bonds is 5. The predicted octanol–water partition coefficient (Wildman–Crippen LogP) is 1.88. The van der Waals surface area contributed by atoms with Crippen molar-refractivity contribution in [2.75, 3.05) is 19.3 Å². The fraction of sp³-hybridized carbons (Fsp3) is 0.733. The van der Waals surface area contributed by atoms with E-state index in [0.29, 0.717) is 12.6 Å². The van der Waals surface area contributed by atoms with E-state index in [2.05, 4.69) is 29.0 Å². The van der Waals surface area contributed by atoms with Crippen LogP contribution in [0.4, 0.5) is 0 Å². The summed E-state index contributed by atoms with van der Waals surface area (Å²) in [6.07, 6.45) is 5.78. The van der Waals surface area contributed by atoms with Crippen LogP contribution in [0, 0.1) is 5.92 Å². The van der Waals surface area contributed by atoms with Crippen LogP contribution in [0.25, 0.3) is 0 Å². The minimum absolute atomic E-state index is 0.160. The first-order valence-corrected chi connectivity index (χ1v) is 8.81. The van der Waals surface area contributed by atoms with Crippen LogP contribution >= 0.6 is 11.8 Å². The number of aromatic nitrogens is 2. The third kappa shape index (κ3) is 4.01. The van der Waals surface area contributed by atoms with Gasteiger partial charge in [0.05, 0.1) is 18.4 Å². The van der Waals surface area contributed by atoms with Gasteiger partial charge in [0, 0.05) is 19.0 Å². The Morgan fingerprint density at radius 3 is 2.67 bits per heavy atom. The highest BCUT2D eigenvalue weighted by atomic mass is 32.2. The van der Waals surface area contributed by atoms with Gasteiger partial charge >= 0.3 is 0 Å². The number of amides is 1. The zero-order valence-electron chi connectivity index (χ0n) is 13.4. The average molecular weight is 310 g/mol. The molecule has 1 aliphatic rings. The molecule has 5 nitrogen and oxygen atoms in total. The molecule has 1 aromatic heterocycles. The number of hydrogen-bond donors (Lipinski definition) is 1.